The van der Waals surface area contributed by atoms with Crippen molar-refractivity contribution in [3.8, 4) is 0 Å². The lowest BCUT2D eigenvalue weighted by atomic mass is 10.2. The van der Waals surface area contributed by atoms with Gasteiger partial charge < -0.3 is 15.6 Å². The molecule has 92 valence electrons. The van der Waals surface area contributed by atoms with Gasteiger partial charge in [0.05, 0.1) is 11.8 Å². The van der Waals surface area contributed by atoms with E-state index in [0.717, 1.165) is 11.4 Å². The smallest absolute Gasteiger partial charge is 0.332 e. The van der Waals surface area contributed by atoms with E-state index in [-0.39, 0.29) is 6.10 Å². The summed E-state index contributed by atoms with van der Waals surface area (Å²) in [5.74, 6) is -0.194. The Balaban J connectivity index is 1.84. The van der Waals surface area contributed by atoms with Gasteiger partial charge in [-0.15, -0.1) is 11.8 Å². The second kappa shape index (κ2) is 5.37. The van der Waals surface area contributed by atoms with Crippen LogP contribution in [0.15, 0.2) is 23.4 Å². The lowest BCUT2D eigenvalue weighted by Gasteiger charge is -2.10. The summed E-state index contributed by atoms with van der Waals surface area (Å²) in [4.78, 5) is 14.9. The van der Waals surface area contributed by atoms with Crippen LogP contribution in [0.25, 0.3) is 0 Å². The van der Waals surface area contributed by atoms with E-state index in [0.29, 0.717) is 17.9 Å². The van der Waals surface area contributed by atoms with E-state index in [4.69, 9.17) is 15.6 Å². The highest BCUT2D eigenvalue weighted by Gasteiger charge is 2.30. The molecule has 6 heteroatoms. The maximum atomic E-state index is 10.7. The zero-order valence-corrected chi connectivity index (χ0v) is 10.0. The molecule has 0 aromatic carbocycles. The van der Waals surface area contributed by atoms with Crippen molar-refractivity contribution in [3.63, 3.8) is 0 Å². The fourth-order valence-corrected chi connectivity index (χ4v) is 2.66. The van der Waals surface area contributed by atoms with Crippen LogP contribution in [0.3, 0.4) is 0 Å². The molecule has 5 nitrogen and oxygen atoms in total. The van der Waals surface area contributed by atoms with E-state index in [2.05, 4.69) is 4.98 Å². The Morgan fingerprint density at radius 1 is 1.65 bits per heavy atom. The first-order valence-electron chi connectivity index (χ1n) is 5.38. The monoisotopic (exact) mass is 254 g/mol. The van der Waals surface area contributed by atoms with Crippen molar-refractivity contribution < 1.29 is 14.6 Å². The number of hydrogen-bond donors (Lipinski definition) is 2. The zero-order chi connectivity index (χ0) is 12.3. The molecule has 1 fully saturated rings. The fraction of sp³-hybridized carbons (Fsp3) is 0.455. The summed E-state index contributed by atoms with van der Waals surface area (Å²) in [6, 6.07) is 3.58. The summed E-state index contributed by atoms with van der Waals surface area (Å²) in [7, 11) is 0. The van der Waals surface area contributed by atoms with Crippen molar-refractivity contribution >= 4 is 23.4 Å². The number of aliphatic carboxylic acids is 1. The average Bonchev–Trinajstić information content (AvgIpc) is 2.77. The van der Waals surface area contributed by atoms with Gasteiger partial charge in [0.25, 0.3) is 0 Å². The number of carboxylic acid groups (broad SMARTS) is 1. The first kappa shape index (κ1) is 12.2. The van der Waals surface area contributed by atoms with Gasteiger partial charge in [-0.3, -0.25) is 0 Å². The number of anilines is 1. The molecule has 1 aromatic rings. The average molecular weight is 254 g/mol. The van der Waals surface area contributed by atoms with Crippen LogP contribution in [0.2, 0.25) is 0 Å². The third-order valence-electron chi connectivity index (χ3n) is 2.59. The number of nitrogen functional groups attached to an aromatic ring is 1. The highest BCUT2D eigenvalue weighted by atomic mass is 32.2. The summed E-state index contributed by atoms with van der Waals surface area (Å²) >= 11 is 1.50. The van der Waals surface area contributed by atoms with E-state index in [1.165, 1.54) is 11.8 Å². The highest BCUT2D eigenvalue weighted by Crippen LogP contribution is 2.28. The number of nitrogens with two attached hydrogens (primary N) is 1. The number of ether oxygens (including phenoxy) is 1. The molecule has 0 saturated carbocycles. The normalized spacial score (nSPS) is 23.8. The number of carbonyl (C=O) groups is 1. The molecule has 0 spiro atoms. The van der Waals surface area contributed by atoms with Gasteiger partial charge in [-0.05, 0) is 25.0 Å². The van der Waals surface area contributed by atoms with Gasteiger partial charge in [0.2, 0.25) is 0 Å². The standard InChI is InChI=1S/C11H14N2O3S/c12-8-2-1-5-13-10(8)17-6-7-3-4-9(16-7)11(14)15/h1-2,5,7,9H,3-4,6,12H2,(H,14,15). The SMILES string of the molecule is Nc1cccnc1SCC1CCC(C(=O)O)O1. The van der Waals surface area contributed by atoms with E-state index >= 15 is 0 Å². The maximum absolute atomic E-state index is 10.7. The molecule has 1 aliphatic heterocycles. The van der Waals surface area contributed by atoms with Gasteiger partial charge in [-0.25, -0.2) is 9.78 Å². The first-order valence-corrected chi connectivity index (χ1v) is 6.37. The largest absolute Gasteiger partial charge is 0.479 e. The van der Waals surface area contributed by atoms with Crippen LogP contribution in [0.5, 0.6) is 0 Å². The molecular weight excluding hydrogens is 240 g/mol. The van der Waals surface area contributed by atoms with Crippen molar-refractivity contribution in [2.24, 2.45) is 0 Å². The molecule has 2 atom stereocenters. The third-order valence-corrected chi connectivity index (χ3v) is 3.74. The van der Waals surface area contributed by atoms with Crippen molar-refractivity contribution in [3.05, 3.63) is 18.3 Å². The van der Waals surface area contributed by atoms with Gasteiger partial charge in [-0.2, -0.15) is 0 Å². The van der Waals surface area contributed by atoms with Crippen LogP contribution >= 0.6 is 11.8 Å². The second-order valence-electron chi connectivity index (χ2n) is 3.87. The lowest BCUT2D eigenvalue weighted by molar-refractivity contribution is -0.148. The van der Waals surface area contributed by atoms with Crippen molar-refractivity contribution in [2.75, 3.05) is 11.5 Å². The quantitative estimate of drug-likeness (QED) is 0.790. The Hall–Kier alpha value is -1.27. The Morgan fingerprint density at radius 3 is 3.12 bits per heavy atom. The Kier molecular flexibility index (Phi) is 3.86. The molecular formula is C11H14N2O3S. The van der Waals surface area contributed by atoms with Crippen LogP contribution in [0, 0.1) is 0 Å². The fourth-order valence-electron chi connectivity index (χ4n) is 1.71. The molecule has 2 rings (SSSR count). The van der Waals surface area contributed by atoms with Gasteiger partial charge in [0.15, 0.2) is 6.10 Å². The van der Waals surface area contributed by atoms with Crippen LogP contribution in [0.4, 0.5) is 5.69 Å². The number of nitrogens with zero attached hydrogens (tertiary/aromatic N) is 1. The summed E-state index contributed by atoms with van der Waals surface area (Å²) in [5, 5.41) is 9.57. The molecule has 0 radical (unpaired) electrons. The summed E-state index contributed by atoms with van der Waals surface area (Å²) in [6.45, 7) is 0. The minimum Gasteiger partial charge on any atom is -0.479 e. The van der Waals surface area contributed by atoms with Crippen LogP contribution in [-0.2, 0) is 9.53 Å². The first-order chi connectivity index (χ1) is 8.16. The van der Waals surface area contributed by atoms with Gasteiger partial charge in [0.1, 0.15) is 5.03 Å². The van der Waals surface area contributed by atoms with Crippen LogP contribution < -0.4 is 5.73 Å². The highest BCUT2D eigenvalue weighted by molar-refractivity contribution is 7.99. The molecule has 1 aliphatic rings. The number of aromatic nitrogens is 1. The Bertz CT molecular complexity index is 413. The zero-order valence-electron chi connectivity index (χ0n) is 9.20. The molecule has 2 unspecified atom stereocenters. The minimum absolute atomic E-state index is 0.0255. The summed E-state index contributed by atoms with van der Waals surface area (Å²) in [6.07, 6.45) is 2.37. The molecule has 1 saturated heterocycles. The number of pyridine rings is 1. The van der Waals surface area contributed by atoms with Crippen LogP contribution in [0.1, 0.15) is 12.8 Å². The number of thioether (sulfide) groups is 1. The Morgan fingerprint density at radius 2 is 2.47 bits per heavy atom. The lowest BCUT2D eigenvalue weighted by Crippen LogP contribution is -2.21. The number of rotatable bonds is 4. The van der Waals surface area contributed by atoms with Gasteiger partial charge in [0, 0.05) is 11.9 Å². The van der Waals surface area contributed by atoms with E-state index in [9.17, 15) is 4.79 Å². The van der Waals surface area contributed by atoms with Crippen molar-refractivity contribution in [2.45, 2.75) is 30.1 Å². The predicted octanol–water partition coefficient (Wildman–Crippen LogP) is 1.39. The van der Waals surface area contributed by atoms with E-state index in [1.54, 1.807) is 18.3 Å². The minimum atomic E-state index is -0.880. The van der Waals surface area contributed by atoms with Crippen molar-refractivity contribution in [1.82, 2.24) is 4.98 Å². The molecule has 1 aromatic heterocycles. The third kappa shape index (κ3) is 3.10. The second-order valence-corrected chi connectivity index (χ2v) is 4.88. The predicted molar refractivity (Wildman–Crippen MR) is 64.9 cm³/mol. The topological polar surface area (TPSA) is 85.4 Å². The molecule has 0 bridgehead atoms. The summed E-state index contributed by atoms with van der Waals surface area (Å²) in [5.41, 5.74) is 6.41. The Labute approximate surface area is 103 Å². The van der Waals surface area contributed by atoms with Crippen molar-refractivity contribution in [1.29, 1.82) is 0 Å². The van der Waals surface area contributed by atoms with Crippen LogP contribution in [-0.4, -0.2) is 34.0 Å². The van der Waals surface area contributed by atoms with E-state index < -0.39 is 12.1 Å². The number of hydrogen-bond acceptors (Lipinski definition) is 5. The van der Waals surface area contributed by atoms with E-state index in [1.807, 2.05) is 0 Å². The molecule has 3 N–H and O–H groups in total. The summed E-state index contributed by atoms with van der Waals surface area (Å²) < 4.78 is 5.40. The van der Waals surface area contributed by atoms with Gasteiger partial charge in [-0.1, -0.05) is 0 Å². The molecule has 0 amide bonds. The van der Waals surface area contributed by atoms with Gasteiger partial charge >= 0.3 is 5.97 Å². The molecule has 2 heterocycles. The molecule has 17 heavy (non-hydrogen) atoms. The maximum Gasteiger partial charge on any atom is 0.332 e. The number of carboxylic acids is 1. The molecule has 0 aliphatic carbocycles.